The predicted molar refractivity (Wildman–Crippen MR) is 96.7 cm³/mol. The highest BCUT2D eigenvalue weighted by atomic mass is 16.5. The van der Waals surface area contributed by atoms with Crippen LogP contribution in [0.1, 0.15) is 25.5 Å². The zero-order chi connectivity index (χ0) is 17.2. The minimum Gasteiger partial charge on any atom is -0.489 e. The van der Waals surface area contributed by atoms with Crippen LogP contribution in [0.25, 0.3) is 22.2 Å². The van der Waals surface area contributed by atoms with Crippen molar-refractivity contribution in [3.05, 3.63) is 42.2 Å². The Morgan fingerprint density at radius 3 is 3.00 bits per heavy atom. The van der Waals surface area contributed by atoms with E-state index in [1.807, 2.05) is 37.5 Å². The van der Waals surface area contributed by atoms with E-state index < -0.39 is 0 Å². The Hall–Kier alpha value is -2.44. The molecule has 130 valence electrons. The molecule has 0 saturated heterocycles. The van der Waals surface area contributed by atoms with E-state index in [9.17, 15) is 0 Å². The van der Waals surface area contributed by atoms with Crippen LogP contribution in [-0.4, -0.2) is 41.0 Å². The third kappa shape index (κ3) is 3.36. The largest absolute Gasteiger partial charge is 0.489 e. The van der Waals surface area contributed by atoms with Gasteiger partial charge in [0.1, 0.15) is 17.5 Å². The van der Waals surface area contributed by atoms with Crippen molar-refractivity contribution in [1.29, 1.82) is 0 Å². The normalized spacial score (nSPS) is 21.5. The number of fused-ring (bicyclic) bond motifs is 4. The molecule has 4 rings (SSSR count). The van der Waals surface area contributed by atoms with Crippen molar-refractivity contribution < 1.29 is 9.47 Å². The Balaban J connectivity index is 1.81. The zero-order valence-corrected chi connectivity index (χ0v) is 14.5. The van der Waals surface area contributed by atoms with Gasteiger partial charge in [-0.15, -0.1) is 0 Å². The summed E-state index contributed by atoms with van der Waals surface area (Å²) in [5.74, 6) is 0.841. The molecule has 0 saturated carbocycles. The number of aromatic nitrogens is 3. The van der Waals surface area contributed by atoms with Gasteiger partial charge in [0.2, 0.25) is 0 Å². The van der Waals surface area contributed by atoms with E-state index in [-0.39, 0.29) is 12.2 Å². The van der Waals surface area contributed by atoms with E-state index in [0.717, 1.165) is 46.6 Å². The average Bonchev–Trinajstić information content (AvgIpc) is 3.04. The van der Waals surface area contributed by atoms with Crippen molar-refractivity contribution in [2.24, 2.45) is 0 Å². The maximum absolute atomic E-state index is 6.04. The summed E-state index contributed by atoms with van der Waals surface area (Å²) in [4.78, 5) is 4.38. The maximum Gasteiger partial charge on any atom is 0.120 e. The van der Waals surface area contributed by atoms with Crippen molar-refractivity contribution in [1.82, 2.24) is 20.5 Å². The number of nitrogens with zero attached hydrogens (tertiary/aromatic N) is 2. The molecule has 0 fully saturated rings. The van der Waals surface area contributed by atoms with Crippen LogP contribution in [0.15, 0.2) is 36.7 Å². The van der Waals surface area contributed by atoms with Gasteiger partial charge >= 0.3 is 0 Å². The van der Waals surface area contributed by atoms with Gasteiger partial charge in [0.15, 0.2) is 0 Å². The number of aromatic amines is 1. The number of hydrogen-bond donors (Lipinski definition) is 2. The highest BCUT2D eigenvalue weighted by Crippen LogP contribution is 2.30. The Kier molecular flexibility index (Phi) is 4.38. The molecular weight excluding hydrogens is 316 g/mol. The van der Waals surface area contributed by atoms with Crippen LogP contribution in [0, 0.1) is 0 Å². The van der Waals surface area contributed by atoms with E-state index >= 15 is 0 Å². The van der Waals surface area contributed by atoms with Crippen molar-refractivity contribution in [2.45, 2.75) is 26.1 Å². The fraction of sp³-hybridized carbons (Fsp3) is 0.368. The first-order valence-electron chi connectivity index (χ1n) is 8.63. The van der Waals surface area contributed by atoms with Crippen LogP contribution >= 0.6 is 0 Å². The van der Waals surface area contributed by atoms with E-state index in [0.29, 0.717) is 6.61 Å². The molecule has 3 aromatic rings. The SMILES string of the molecule is C[C@@H]1CNCCO[C@@H](C)c2cncc(c2)-c2n[nH]c3ccc(cc23)O1. The second-order valence-electron chi connectivity index (χ2n) is 6.43. The van der Waals surface area contributed by atoms with E-state index in [2.05, 4.69) is 33.5 Å². The highest BCUT2D eigenvalue weighted by Gasteiger charge is 2.14. The van der Waals surface area contributed by atoms with Gasteiger partial charge in [-0.3, -0.25) is 10.1 Å². The van der Waals surface area contributed by atoms with Crippen molar-refractivity contribution >= 4 is 10.9 Å². The maximum atomic E-state index is 6.04. The minimum atomic E-state index is -0.0196. The van der Waals surface area contributed by atoms with Gasteiger partial charge in [0.05, 0.1) is 18.2 Å². The lowest BCUT2D eigenvalue weighted by atomic mass is 10.1. The third-order valence-electron chi connectivity index (χ3n) is 4.45. The number of H-pyrrole nitrogens is 1. The molecule has 25 heavy (non-hydrogen) atoms. The number of rotatable bonds is 0. The summed E-state index contributed by atoms with van der Waals surface area (Å²) in [6.07, 6.45) is 3.74. The second kappa shape index (κ2) is 6.82. The zero-order valence-electron chi connectivity index (χ0n) is 14.5. The minimum absolute atomic E-state index is 0.0196. The first-order valence-corrected chi connectivity index (χ1v) is 8.63. The van der Waals surface area contributed by atoms with Crippen LogP contribution in [0.5, 0.6) is 5.75 Å². The second-order valence-corrected chi connectivity index (χ2v) is 6.43. The van der Waals surface area contributed by atoms with Crippen LogP contribution in [-0.2, 0) is 4.74 Å². The summed E-state index contributed by atoms with van der Waals surface area (Å²) in [5, 5.41) is 12.0. The first-order chi connectivity index (χ1) is 12.2. The van der Waals surface area contributed by atoms with Gasteiger partial charge in [-0.1, -0.05) is 0 Å². The number of hydrogen-bond acceptors (Lipinski definition) is 5. The third-order valence-corrected chi connectivity index (χ3v) is 4.45. The molecular formula is C19H22N4O2. The summed E-state index contributed by atoms with van der Waals surface area (Å²) in [7, 11) is 0. The summed E-state index contributed by atoms with van der Waals surface area (Å²) in [5.41, 5.74) is 3.87. The Morgan fingerprint density at radius 2 is 2.08 bits per heavy atom. The molecule has 0 aliphatic carbocycles. The highest BCUT2D eigenvalue weighted by molar-refractivity contribution is 5.93. The average molecular weight is 338 g/mol. The monoisotopic (exact) mass is 338 g/mol. The molecule has 2 N–H and O–H groups in total. The smallest absolute Gasteiger partial charge is 0.120 e. The number of pyridine rings is 1. The van der Waals surface area contributed by atoms with Gasteiger partial charge in [-0.05, 0) is 43.7 Å². The van der Waals surface area contributed by atoms with Gasteiger partial charge in [0, 0.05) is 36.4 Å². The fourth-order valence-electron chi connectivity index (χ4n) is 3.08. The molecule has 0 amide bonds. The van der Waals surface area contributed by atoms with Gasteiger partial charge in [0.25, 0.3) is 0 Å². The molecule has 6 nitrogen and oxygen atoms in total. The van der Waals surface area contributed by atoms with Crippen molar-refractivity contribution in [3.8, 4) is 17.0 Å². The molecule has 1 aliphatic rings. The standard InChI is InChI=1S/C19H22N4O2/c1-12-9-20-5-6-24-13(2)14-7-15(11-21-10-14)19-17-8-16(25-12)3-4-18(17)22-23-19/h3-4,7-8,10-13,20H,5-6,9H2,1-2H3,(H,22,23)/t12-,13+/m1/s1. The molecule has 2 aromatic heterocycles. The predicted octanol–water partition coefficient (Wildman–Crippen LogP) is 3.07. The number of benzene rings is 1. The fourth-order valence-corrected chi connectivity index (χ4v) is 3.08. The molecule has 0 unspecified atom stereocenters. The molecule has 4 bridgehead atoms. The Morgan fingerprint density at radius 1 is 1.16 bits per heavy atom. The Bertz CT molecular complexity index is 877. The summed E-state index contributed by atoms with van der Waals surface area (Å²) in [6.45, 7) is 6.29. The molecule has 1 aliphatic heterocycles. The molecule has 1 aromatic carbocycles. The molecule has 0 radical (unpaired) electrons. The summed E-state index contributed by atoms with van der Waals surface area (Å²) < 4.78 is 12.0. The van der Waals surface area contributed by atoms with Crippen LogP contribution in [0.4, 0.5) is 0 Å². The van der Waals surface area contributed by atoms with Gasteiger partial charge in [-0.2, -0.15) is 5.10 Å². The van der Waals surface area contributed by atoms with E-state index in [4.69, 9.17) is 9.47 Å². The molecule has 0 spiro atoms. The van der Waals surface area contributed by atoms with Crippen LogP contribution < -0.4 is 10.1 Å². The Labute approximate surface area is 146 Å². The number of ether oxygens (including phenoxy) is 2. The summed E-state index contributed by atoms with van der Waals surface area (Å²) >= 11 is 0. The quantitative estimate of drug-likeness (QED) is 0.659. The first kappa shape index (κ1) is 16.1. The number of nitrogens with one attached hydrogen (secondary N) is 2. The van der Waals surface area contributed by atoms with Gasteiger partial charge < -0.3 is 14.8 Å². The molecule has 6 heteroatoms. The van der Waals surface area contributed by atoms with E-state index in [1.54, 1.807) is 0 Å². The van der Waals surface area contributed by atoms with Crippen LogP contribution in [0.2, 0.25) is 0 Å². The lowest BCUT2D eigenvalue weighted by Gasteiger charge is -2.16. The van der Waals surface area contributed by atoms with Gasteiger partial charge in [-0.25, -0.2) is 0 Å². The molecule has 2 atom stereocenters. The topological polar surface area (TPSA) is 72.1 Å². The lowest BCUT2D eigenvalue weighted by molar-refractivity contribution is 0.0663. The van der Waals surface area contributed by atoms with Crippen LogP contribution in [0.3, 0.4) is 0 Å². The van der Waals surface area contributed by atoms with E-state index in [1.165, 1.54) is 0 Å². The lowest BCUT2D eigenvalue weighted by Crippen LogP contribution is -2.31. The summed E-state index contributed by atoms with van der Waals surface area (Å²) in [6, 6.07) is 8.11. The molecule has 3 heterocycles. The van der Waals surface area contributed by atoms with Crippen molar-refractivity contribution in [2.75, 3.05) is 19.7 Å². The van der Waals surface area contributed by atoms with Crippen molar-refractivity contribution in [3.63, 3.8) is 0 Å².